The second-order valence-electron chi connectivity index (χ2n) is 4.56. The van der Waals surface area contributed by atoms with Crippen molar-refractivity contribution in [2.75, 3.05) is 0 Å². The number of rotatable bonds is 1. The van der Waals surface area contributed by atoms with Crippen LogP contribution < -0.4 is 0 Å². The summed E-state index contributed by atoms with van der Waals surface area (Å²) in [6.07, 6.45) is 3.39. The molecule has 0 unspecified atom stereocenters. The van der Waals surface area contributed by atoms with Crippen molar-refractivity contribution < 1.29 is 4.11 Å². The molecule has 1 aromatic carbocycles. The third-order valence-corrected chi connectivity index (χ3v) is 5.70. The minimum atomic E-state index is -2.25. The third kappa shape index (κ3) is 1.79. The molecule has 0 aliphatic rings. The van der Waals surface area contributed by atoms with Crippen LogP contribution >= 0.6 is 0 Å². The molecule has 0 saturated carbocycles. The summed E-state index contributed by atoms with van der Waals surface area (Å²) in [5.41, 5.74) is 1.34. The van der Waals surface area contributed by atoms with E-state index in [1.165, 1.54) is 20.1 Å². The standard InChI is InChI=1S/C17H12N2Se/c1-11-12(6-4-8-18-11)15-9-14-13-5-2-3-7-16(13)20-17(14)10-19-15/h2-10H,1H3/i1D3. The number of aryl methyl sites for hydroxylation is 1. The molecule has 2 nitrogen and oxygen atoms in total. The van der Waals surface area contributed by atoms with Crippen LogP contribution in [-0.2, 0) is 0 Å². The Kier molecular flexibility index (Phi) is 2.06. The quantitative estimate of drug-likeness (QED) is 0.497. The molecule has 0 N–H and O–H groups in total. The molecule has 96 valence electrons. The van der Waals surface area contributed by atoms with Gasteiger partial charge >= 0.3 is 127 Å². The number of fused-ring (bicyclic) bond motifs is 3. The van der Waals surface area contributed by atoms with E-state index in [0.717, 1.165) is 5.39 Å². The van der Waals surface area contributed by atoms with E-state index in [9.17, 15) is 0 Å². The van der Waals surface area contributed by atoms with Crippen molar-refractivity contribution in [2.45, 2.75) is 6.85 Å². The van der Waals surface area contributed by atoms with E-state index in [1.54, 1.807) is 12.1 Å². The Bertz CT molecular complexity index is 1020. The first-order valence-electron chi connectivity index (χ1n) is 7.77. The van der Waals surface area contributed by atoms with Crippen molar-refractivity contribution in [1.29, 1.82) is 0 Å². The van der Waals surface area contributed by atoms with Gasteiger partial charge in [-0.1, -0.05) is 0 Å². The molecule has 0 bridgehead atoms. The summed E-state index contributed by atoms with van der Waals surface area (Å²) < 4.78 is 25.6. The van der Waals surface area contributed by atoms with Crippen LogP contribution in [0, 0.1) is 6.85 Å². The second kappa shape index (κ2) is 4.55. The molecule has 20 heavy (non-hydrogen) atoms. The average molecular weight is 326 g/mol. The second-order valence-corrected chi connectivity index (χ2v) is 6.84. The molecule has 3 heterocycles. The molecule has 0 aliphatic heterocycles. The minimum absolute atomic E-state index is 0.101. The molecule has 4 rings (SSSR count). The molecule has 0 aliphatic carbocycles. The summed E-state index contributed by atoms with van der Waals surface area (Å²) in [6, 6.07) is 13.9. The number of aromatic nitrogens is 2. The fourth-order valence-electron chi connectivity index (χ4n) is 2.39. The predicted molar refractivity (Wildman–Crippen MR) is 84.2 cm³/mol. The number of hydrogen-bond donors (Lipinski definition) is 0. The first kappa shape index (κ1) is 9.06. The Labute approximate surface area is 127 Å². The van der Waals surface area contributed by atoms with Gasteiger partial charge in [-0.2, -0.15) is 0 Å². The van der Waals surface area contributed by atoms with E-state index in [0.29, 0.717) is 11.3 Å². The van der Waals surface area contributed by atoms with Crippen LogP contribution in [0.4, 0.5) is 0 Å². The van der Waals surface area contributed by atoms with Crippen LogP contribution in [0.15, 0.2) is 54.9 Å². The fraction of sp³-hybridized carbons (Fsp3) is 0.0588. The van der Waals surface area contributed by atoms with Crippen molar-refractivity contribution in [3.05, 3.63) is 60.6 Å². The van der Waals surface area contributed by atoms with Gasteiger partial charge in [0, 0.05) is 0 Å². The summed E-state index contributed by atoms with van der Waals surface area (Å²) in [6.45, 7) is -2.25. The van der Waals surface area contributed by atoms with Gasteiger partial charge in [-0.25, -0.2) is 0 Å². The molecule has 0 atom stereocenters. The third-order valence-electron chi connectivity index (χ3n) is 3.35. The summed E-state index contributed by atoms with van der Waals surface area (Å²) in [5.74, 6) is 0. The molecule has 4 aromatic rings. The topological polar surface area (TPSA) is 25.8 Å². The predicted octanol–water partition coefficient (Wildman–Crippen LogP) is 3.82. The van der Waals surface area contributed by atoms with E-state index >= 15 is 0 Å². The number of nitrogens with zero attached hydrogens (tertiary/aromatic N) is 2. The van der Waals surface area contributed by atoms with Gasteiger partial charge in [0.15, 0.2) is 0 Å². The van der Waals surface area contributed by atoms with Gasteiger partial charge in [0.2, 0.25) is 0 Å². The first-order chi connectivity index (χ1) is 11.0. The summed E-state index contributed by atoms with van der Waals surface area (Å²) in [7, 11) is 0. The van der Waals surface area contributed by atoms with Gasteiger partial charge in [-0.3, -0.25) is 0 Å². The maximum absolute atomic E-state index is 7.68. The van der Waals surface area contributed by atoms with Crippen LogP contribution in [0.2, 0.25) is 0 Å². The Balaban J connectivity index is 1.99. The Morgan fingerprint density at radius 3 is 2.90 bits per heavy atom. The van der Waals surface area contributed by atoms with Gasteiger partial charge in [0.1, 0.15) is 0 Å². The van der Waals surface area contributed by atoms with Crippen molar-refractivity contribution in [2.24, 2.45) is 0 Å². The van der Waals surface area contributed by atoms with Gasteiger partial charge in [-0.15, -0.1) is 0 Å². The van der Waals surface area contributed by atoms with E-state index in [-0.39, 0.29) is 20.2 Å². The van der Waals surface area contributed by atoms with Crippen LogP contribution in [0.5, 0.6) is 0 Å². The van der Waals surface area contributed by atoms with Gasteiger partial charge < -0.3 is 0 Å². The van der Waals surface area contributed by atoms with E-state index in [1.807, 2.05) is 18.3 Å². The van der Waals surface area contributed by atoms with E-state index in [2.05, 4.69) is 28.2 Å². The molecule has 0 amide bonds. The van der Waals surface area contributed by atoms with Gasteiger partial charge in [0.05, 0.1) is 0 Å². The Morgan fingerprint density at radius 1 is 1.00 bits per heavy atom. The number of pyridine rings is 2. The molecule has 3 heteroatoms. The van der Waals surface area contributed by atoms with Crippen molar-refractivity contribution in [3.63, 3.8) is 0 Å². The van der Waals surface area contributed by atoms with Crippen molar-refractivity contribution >= 4 is 33.8 Å². The van der Waals surface area contributed by atoms with Crippen molar-refractivity contribution in [1.82, 2.24) is 9.97 Å². The van der Waals surface area contributed by atoms with Crippen LogP contribution in [0.3, 0.4) is 0 Å². The fourth-order valence-corrected chi connectivity index (χ4v) is 4.61. The molecule has 3 aromatic heterocycles. The zero-order chi connectivity index (χ0) is 16.0. The zero-order valence-electron chi connectivity index (χ0n) is 13.5. The Hall–Kier alpha value is -1.96. The zero-order valence-corrected chi connectivity index (χ0v) is 12.2. The van der Waals surface area contributed by atoms with Gasteiger partial charge in [-0.05, 0) is 0 Å². The number of hydrogen-bond acceptors (Lipinski definition) is 2. The normalized spacial score (nSPS) is 14.1. The summed E-state index contributed by atoms with van der Waals surface area (Å²) in [4.78, 5) is 8.57. The number of benzene rings is 1. The van der Waals surface area contributed by atoms with E-state index in [4.69, 9.17) is 4.11 Å². The van der Waals surface area contributed by atoms with Crippen LogP contribution in [-0.4, -0.2) is 24.5 Å². The SMILES string of the molecule is [2H]C([2H])([2H])c1ncccc1-c1cc2c(cn1)[se]c1ccccc12. The first-order valence-corrected chi connectivity index (χ1v) is 7.98. The Morgan fingerprint density at radius 2 is 1.95 bits per heavy atom. The van der Waals surface area contributed by atoms with Crippen LogP contribution in [0.25, 0.3) is 30.6 Å². The maximum atomic E-state index is 7.68. The average Bonchev–Trinajstić information content (AvgIpc) is 2.92. The molecule has 0 fully saturated rings. The monoisotopic (exact) mass is 327 g/mol. The van der Waals surface area contributed by atoms with E-state index < -0.39 is 6.85 Å². The van der Waals surface area contributed by atoms with Gasteiger partial charge in [0.25, 0.3) is 0 Å². The molecule has 0 spiro atoms. The molecule has 0 radical (unpaired) electrons. The summed E-state index contributed by atoms with van der Waals surface area (Å²) in [5, 5.41) is 2.39. The van der Waals surface area contributed by atoms with Crippen LogP contribution in [0.1, 0.15) is 9.81 Å². The molecular weight excluding hydrogens is 311 g/mol. The van der Waals surface area contributed by atoms with Crippen molar-refractivity contribution in [3.8, 4) is 11.3 Å². The molecule has 0 saturated heterocycles. The summed E-state index contributed by atoms with van der Waals surface area (Å²) >= 11 is 0.263. The molecular formula is C17H12N2Se.